The van der Waals surface area contributed by atoms with Crippen LogP contribution in [0.15, 0.2) is 24.3 Å². The van der Waals surface area contributed by atoms with E-state index in [1.165, 1.54) is 0 Å². The third-order valence-electron chi connectivity index (χ3n) is 2.34. The van der Waals surface area contributed by atoms with E-state index in [9.17, 15) is 27.7 Å². The van der Waals surface area contributed by atoms with Crippen LogP contribution < -0.4 is 0 Å². The molecule has 1 aromatic carbocycles. The Balaban J connectivity index is 2.60. The fraction of sp³-hybridized carbons (Fsp3) is 0.200. The van der Waals surface area contributed by atoms with Crippen LogP contribution in [0.3, 0.4) is 0 Å². The van der Waals surface area contributed by atoms with E-state index in [1.807, 2.05) is 0 Å². The van der Waals surface area contributed by atoms with Gasteiger partial charge < -0.3 is 0 Å². The van der Waals surface area contributed by atoms with Gasteiger partial charge in [0, 0.05) is 10.6 Å². The van der Waals surface area contributed by atoms with Crippen molar-refractivity contribution >= 4 is 0 Å². The lowest BCUT2D eigenvalue weighted by Crippen LogP contribution is -2.16. The fourth-order valence-electron chi connectivity index (χ4n) is 1.58. The topological polar surface area (TPSA) is 73.8 Å². The van der Waals surface area contributed by atoms with Crippen molar-refractivity contribution in [2.24, 2.45) is 0 Å². The highest BCUT2D eigenvalue weighted by Gasteiger charge is 2.39. The van der Waals surface area contributed by atoms with Crippen molar-refractivity contribution in [3.63, 3.8) is 0 Å². The minimum atomic E-state index is -4.84. The Morgan fingerprint density at radius 2 is 1.80 bits per heavy atom. The van der Waals surface area contributed by atoms with Gasteiger partial charge in [0.2, 0.25) is 11.6 Å². The predicted octanol–water partition coefficient (Wildman–Crippen LogP) is 2.20. The molecule has 0 N–H and O–H groups in total. The van der Waals surface area contributed by atoms with E-state index in [0.29, 0.717) is 4.57 Å². The molecule has 0 saturated carbocycles. The summed E-state index contributed by atoms with van der Waals surface area (Å²) in [4.78, 5) is 9.62. The highest BCUT2D eigenvalue weighted by atomic mass is 19.4. The lowest BCUT2D eigenvalue weighted by Gasteiger charge is -2.10. The number of rotatable bonds is 3. The van der Waals surface area contributed by atoms with Crippen LogP contribution in [0.25, 0.3) is 5.69 Å². The third kappa shape index (κ3) is 2.73. The summed E-state index contributed by atoms with van der Waals surface area (Å²) in [7, 11) is 0. The number of aromatic nitrogens is 3. The van der Waals surface area contributed by atoms with Crippen molar-refractivity contribution < 1.29 is 22.5 Å². The van der Waals surface area contributed by atoms with Crippen molar-refractivity contribution in [2.75, 3.05) is 0 Å². The number of nitrogens with zero attached hydrogens (tertiary/aromatic N) is 4. The summed E-state index contributed by atoms with van der Waals surface area (Å²) in [6.07, 6.45) is -4.84. The number of hydrogen-bond acceptors (Lipinski definition) is 4. The average Bonchev–Trinajstić information content (AvgIpc) is 2.72. The molecule has 106 valence electrons. The highest BCUT2D eigenvalue weighted by molar-refractivity contribution is 5.34. The summed E-state index contributed by atoms with van der Waals surface area (Å²) < 4.78 is 51.7. The monoisotopic (exact) mass is 290 g/mol. The number of halogens is 4. The molecule has 0 amide bonds. The first-order valence-electron chi connectivity index (χ1n) is 5.18. The van der Waals surface area contributed by atoms with Crippen LogP contribution in [-0.2, 0) is 12.7 Å². The van der Waals surface area contributed by atoms with E-state index in [0.717, 1.165) is 24.3 Å². The smallest absolute Gasteiger partial charge is 0.270 e. The SMILES string of the molecule is O=[N+]([O-])Cc1nnc(C(F)(F)F)n1-c1ccc(F)cc1. The summed E-state index contributed by atoms with van der Waals surface area (Å²) in [5.41, 5.74) is -0.111. The van der Waals surface area contributed by atoms with E-state index in [-0.39, 0.29) is 5.69 Å². The minimum absolute atomic E-state index is 0.111. The van der Waals surface area contributed by atoms with Crippen LogP contribution in [0, 0.1) is 15.9 Å². The predicted molar refractivity (Wildman–Crippen MR) is 57.0 cm³/mol. The molecule has 2 aromatic rings. The fourth-order valence-corrected chi connectivity index (χ4v) is 1.58. The Labute approximate surface area is 108 Å². The van der Waals surface area contributed by atoms with Gasteiger partial charge in [-0.2, -0.15) is 13.2 Å². The molecule has 0 unspecified atom stereocenters. The molecule has 0 radical (unpaired) electrons. The molecule has 2 rings (SSSR count). The molecule has 0 aliphatic carbocycles. The first-order chi connectivity index (χ1) is 9.29. The van der Waals surface area contributed by atoms with Crippen molar-refractivity contribution in [1.82, 2.24) is 14.8 Å². The van der Waals surface area contributed by atoms with E-state index in [1.54, 1.807) is 0 Å². The molecular formula is C10H6F4N4O2. The van der Waals surface area contributed by atoms with Crippen LogP contribution in [0.4, 0.5) is 17.6 Å². The third-order valence-corrected chi connectivity index (χ3v) is 2.34. The molecule has 0 spiro atoms. The molecule has 0 saturated heterocycles. The molecular weight excluding hydrogens is 284 g/mol. The normalized spacial score (nSPS) is 11.6. The molecule has 1 heterocycles. The number of alkyl halides is 3. The quantitative estimate of drug-likeness (QED) is 0.493. The van der Waals surface area contributed by atoms with Crippen LogP contribution in [-0.4, -0.2) is 19.7 Å². The van der Waals surface area contributed by atoms with Crippen molar-refractivity contribution in [3.05, 3.63) is 51.8 Å². The van der Waals surface area contributed by atoms with Crippen LogP contribution >= 0.6 is 0 Å². The van der Waals surface area contributed by atoms with Gasteiger partial charge in [0.1, 0.15) is 5.82 Å². The van der Waals surface area contributed by atoms with E-state index < -0.39 is 35.1 Å². The Kier molecular flexibility index (Phi) is 3.38. The lowest BCUT2D eigenvalue weighted by molar-refractivity contribution is -0.498. The van der Waals surface area contributed by atoms with Gasteiger partial charge in [-0.15, -0.1) is 10.2 Å². The Bertz CT molecular complexity index is 636. The van der Waals surface area contributed by atoms with Gasteiger partial charge in [-0.05, 0) is 24.3 Å². The zero-order valence-corrected chi connectivity index (χ0v) is 9.63. The minimum Gasteiger partial charge on any atom is -0.270 e. The summed E-state index contributed by atoms with van der Waals surface area (Å²) >= 11 is 0. The highest BCUT2D eigenvalue weighted by Crippen LogP contribution is 2.30. The molecule has 0 bridgehead atoms. The summed E-state index contributed by atoms with van der Waals surface area (Å²) in [6, 6.07) is 3.98. The molecule has 0 fully saturated rings. The molecule has 0 aliphatic heterocycles. The van der Waals surface area contributed by atoms with E-state index >= 15 is 0 Å². The summed E-state index contributed by atoms with van der Waals surface area (Å²) in [6.45, 7) is -0.930. The second kappa shape index (κ2) is 4.87. The Hall–Kier alpha value is -2.52. The molecule has 0 atom stereocenters. The van der Waals surface area contributed by atoms with Crippen molar-refractivity contribution in [2.45, 2.75) is 12.7 Å². The molecule has 20 heavy (non-hydrogen) atoms. The van der Waals surface area contributed by atoms with Gasteiger partial charge in [0.25, 0.3) is 6.54 Å². The summed E-state index contributed by atoms with van der Waals surface area (Å²) in [5, 5.41) is 16.6. The molecule has 0 aliphatic rings. The first kappa shape index (κ1) is 13.9. The van der Waals surface area contributed by atoms with Gasteiger partial charge in [0.15, 0.2) is 0 Å². The molecule has 1 aromatic heterocycles. The van der Waals surface area contributed by atoms with Gasteiger partial charge >= 0.3 is 6.18 Å². The van der Waals surface area contributed by atoms with Crippen LogP contribution in [0.2, 0.25) is 0 Å². The standard InChI is InChI=1S/C10H6F4N4O2/c11-6-1-3-7(4-2-6)18-8(5-17(19)20)15-16-9(18)10(12,13)14/h1-4H,5H2. The molecule has 6 nitrogen and oxygen atoms in total. The maximum absolute atomic E-state index is 12.8. The Morgan fingerprint density at radius 1 is 1.20 bits per heavy atom. The second-order valence-electron chi connectivity index (χ2n) is 3.74. The number of hydrogen-bond donors (Lipinski definition) is 0. The maximum atomic E-state index is 12.8. The van der Waals surface area contributed by atoms with Gasteiger partial charge in [-0.3, -0.25) is 14.7 Å². The number of nitro groups is 1. The largest absolute Gasteiger partial charge is 0.452 e. The zero-order chi connectivity index (χ0) is 14.9. The molecule has 10 heteroatoms. The van der Waals surface area contributed by atoms with Crippen molar-refractivity contribution in [1.29, 1.82) is 0 Å². The summed E-state index contributed by atoms with van der Waals surface area (Å²) in [5.74, 6) is -2.54. The maximum Gasteiger partial charge on any atom is 0.452 e. The van der Waals surface area contributed by atoms with Gasteiger partial charge in [-0.25, -0.2) is 4.39 Å². The van der Waals surface area contributed by atoms with Crippen molar-refractivity contribution in [3.8, 4) is 5.69 Å². The lowest BCUT2D eigenvalue weighted by atomic mass is 10.3. The van der Waals surface area contributed by atoms with Gasteiger partial charge in [-0.1, -0.05) is 0 Å². The van der Waals surface area contributed by atoms with Crippen LogP contribution in [0.1, 0.15) is 11.6 Å². The van der Waals surface area contributed by atoms with E-state index in [4.69, 9.17) is 0 Å². The number of benzene rings is 1. The zero-order valence-electron chi connectivity index (χ0n) is 9.63. The van der Waals surface area contributed by atoms with Crippen LogP contribution in [0.5, 0.6) is 0 Å². The second-order valence-corrected chi connectivity index (χ2v) is 3.74. The van der Waals surface area contributed by atoms with E-state index in [2.05, 4.69) is 10.2 Å². The first-order valence-corrected chi connectivity index (χ1v) is 5.18. The average molecular weight is 290 g/mol. The Morgan fingerprint density at radius 3 is 2.30 bits per heavy atom. The van der Waals surface area contributed by atoms with Gasteiger partial charge in [0.05, 0.1) is 0 Å².